The number of anilines is 1. The smallest absolute Gasteiger partial charge is 0.174 e. The van der Waals surface area contributed by atoms with E-state index < -0.39 is 0 Å². The van der Waals surface area contributed by atoms with Crippen LogP contribution in [0.2, 0.25) is 0 Å². The van der Waals surface area contributed by atoms with Crippen molar-refractivity contribution in [3.63, 3.8) is 0 Å². The SMILES string of the molecule is COc1cccc(N2C(=S)NC(c3ccccn3)C2c2ccc(Sc3ccccc3)o2)c1. The molecule has 0 spiro atoms. The lowest BCUT2D eigenvalue weighted by Gasteiger charge is -2.26. The number of ether oxygens (including phenoxy) is 1. The minimum atomic E-state index is -0.199. The second kappa shape index (κ2) is 9.06. The molecule has 0 saturated carbocycles. The van der Waals surface area contributed by atoms with Gasteiger partial charge in [0.1, 0.15) is 17.6 Å². The Morgan fingerprint density at radius 2 is 1.84 bits per heavy atom. The second-order valence-electron chi connectivity index (χ2n) is 7.27. The molecule has 160 valence electrons. The molecule has 7 heteroatoms. The quantitative estimate of drug-likeness (QED) is 0.354. The van der Waals surface area contributed by atoms with Crippen molar-refractivity contribution in [1.82, 2.24) is 10.3 Å². The van der Waals surface area contributed by atoms with Crippen molar-refractivity contribution in [3.8, 4) is 5.75 Å². The van der Waals surface area contributed by atoms with E-state index in [1.165, 1.54) is 0 Å². The lowest BCUT2D eigenvalue weighted by molar-refractivity contribution is 0.383. The van der Waals surface area contributed by atoms with Crippen LogP contribution in [0.3, 0.4) is 0 Å². The normalized spacial score (nSPS) is 17.9. The van der Waals surface area contributed by atoms with E-state index in [1.807, 2.05) is 72.8 Å². The van der Waals surface area contributed by atoms with Gasteiger partial charge in [-0.1, -0.05) is 42.1 Å². The zero-order valence-electron chi connectivity index (χ0n) is 17.3. The van der Waals surface area contributed by atoms with Crippen molar-refractivity contribution in [2.75, 3.05) is 12.0 Å². The van der Waals surface area contributed by atoms with Crippen molar-refractivity contribution in [2.24, 2.45) is 0 Å². The van der Waals surface area contributed by atoms with Gasteiger partial charge in [-0.2, -0.15) is 0 Å². The minimum absolute atomic E-state index is 0.157. The zero-order valence-corrected chi connectivity index (χ0v) is 19.0. The van der Waals surface area contributed by atoms with E-state index in [0.717, 1.165) is 32.9 Å². The van der Waals surface area contributed by atoms with Crippen molar-refractivity contribution >= 4 is 34.8 Å². The van der Waals surface area contributed by atoms with Gasteiger partial charge in [0.2, 0.25) is 0 Å². The Bertz CT molecular complexity index is 1210. The number of furan rings is 1. The number of nitrogens with one attached hydrogen (secondary N) is 1. The van der Waals surface area contributed by atoms with E-state index in [4.69, 9.17) is 21.4 Å². The van der Waals surface area contributed by atoms with Crippen LogP contribution in [-0.2, 0) is 0 Å². The average molecular weight is 460 g/mol. The molecule has 1 aliphatic heterocycles. The van der Waals surface area contributed by atoms with Crippen LogP contribution >= 0.6 is 24.0 Å². The lowest BCUT2D eigenvalue weighted by Crippen LogP contribution is -2.29. The first-order valence-corrected chi connectivity index (χ1v) is 11.4. The molecular weight excluding hydrogens is 438 g/mol. The highest BCUT2D eigenvalue weighted by Crippen LogP contribution is 2.43. The summed E-state index contributed by atoms with van der Waals surface area (Å²) in [6.07, 6.45) is 1.80. The van der Waals surface area contributed by atoms with E-state index in [9.17, 15) is 0 Å². The first-order chi connectivity index (χ1) is 15.7. The van der Waals surface area contributed by atoms with E-state index in [2.05, 4.69) is 27.3 Å². The lowest BCUT2D eigenvalue weighted by atomic mass is 10.0. The highest BCUT2D eigenvalue weighted by molar-refractivity contribution is 7.99. The molecule has 2 unspecified atom stereocenters. The maximum absolute atomic E-state index is 6.34. The van der Waals surface area contributed by atoms with Crippen molar-refractivity contribution < 1.29 is 9.15 Å². The highest BCUT2D eigenvalue weighted by atomic mass is 32.2. The third-order valence-corrected chi connectivity index (χ3v) is 6.53. The summed E-state index contributed by atoms with van der Waals surface area (Å²) in [6.45, 7) is 0. The molecule has 1 saturated heterocycles. The number of nitrogens with zero attached hydrogens (tertiary/aromatic N) is 2. The molecule has 1 aliphatic rings. The summed E-state index contributed by atoms with van der Waals surface area (Å²) < 4.78 is 11.8. The Kier molecular flexibility index (Phi) is 5.83. The Hall–Kier alpha value is -3.29. The van der Waals surface area contributed by atoms with Gasteiger partial charge in [0.05, 0.1) is 18.8 Å². The predicted molar refractivity (Wildman–Crippen MR) is 130 cm³/mol. The monoisotopic (exact) mass is 459 g/mol. The van der Waals surface area contributed by atoms with E-state index >= 15 is 0 Å². The Morgan fingerprint density at radius 1 is 1.00 bits per heavy atom. The van der Waals surface area contributed by atoms with Crippen molar-refractivity contribution in [1.29, 1.82) is 0 Å². The summed E-state index contributed by atoms with van der Waals surface area (Å²) in [5.41, 5.74) is 1.83. The molecule has 2 aromatic carbocycles. The van der Waals surface area contributed by atoms with Gasteiger partial charge in [0.25, 0.3) is 0 Å². The summed E-state index contributed by atoms with van der Waals surface area (Å²) in [5.74, 6) is 1.58. The molecule has 1 N–H and O–H groups in total. The van der Waals surface area contributed by atoms with Crippen molar-refractivity contribution in [2.45, 2.75) is 22.1 Å². The van der Waals surface area contributed by atoms with Gasteiger partial charge in [0.15, 0.2) is 10.2 Å². The van der Waals surface area contributed by atoms with E-state index in [1.54, 1.807) is 25.1 Å². The third kappa shape index (κ3) is 4.09. The number of methoxy groups -OCH3 is 1. The minimum Gasteiger partial charge on any atom is -0.497 e. The Morgan fingerprint density at radius 3 is 2.62 bits per heavy atom. The second-order valence-corrected chi connectivity index (χ2v) is 8.73. The van der Waals surface area contributed by atoms with Crippen LogP contribution in [0.15, 0.2) is 106 Å². The summed E-state index contributed by atoms with van der Waals surface area (Å²) in [5, 5.41) is 4.90. The molecule has 0 radical (unpaired) electrons. The van der Waals surface area contributed by atoms with Gasteiger partial charge < -0.3 is 19.4 Å². The molecule has 2 atom stereocenters. The standard InChI is InChI=1S/C25H21N3O2S2/c1-29-18-9-7-8-17(16-18)28-24(23(27-25(28)31)20-12-5-6-15-26-20)21-13-14-22(30-21)32-19-10-3-2-4-11-19/h2-16,23-24H,1H3,(H,27,31). The summed E-state index contributed by atoms with van der Waals surface area (Å²) in [6, 6.07) is 27.6. The van der Waals surface area contributed by atoms with Crippen LogP contribution in [0.4, 0.5) is 5.69 Å². The van der Waals surface area contributed by atoms with Gasteiger partial charge >= 0.3 is 0 Å². The summed E-state index contributed by atoms with van der Waals surface area (Å²) in [7, 11) is 1.66. The Balaban J connectivity index is 1.54. The van der Waals surface area contributed by atoms with Gasteiger partial charge in [-0.25, -0.2) is 0 Å². The maximum atomic E-state index is 6.34. The highest BCUT2D eigenvalue weighted by Gasteiger charge is 2.42. The topological polar surface area (TPSA) is 50.5 Å². The molecule has 5 rings (SSSR count). The number of benzene rings is 2. The fraction of sp³-hybridized carbons (Fsp3) is 0.120. The van der Waals surface area contributed by atoms with E-state index in [0.29, 0.717) is 5.11 Å². The molecular formula is C25H21N3O2S2. The number of pyridine rings is 1. The van der Waals surface area contributed by atoms with E-state index in [-0.39, 0.29) is 12.1 Å². The molecule has 0 aliphatic carbocycles. The predicted octanol–water partition coefficient (Wildman–Crippen LogP) is 6.01. The molecule has 5 nitrogen and oxygen atoms in total. The third-order valence-electron chi connectivity index (χ3n) is 5.28. The van der Waals surface area contributed by atoms with Crippen molar-refractivity contribution in [3.05, 3.63) is 103 Å². The Labute approximate surface area is 196 Å². The molecule has 0 amide bonds. The average Bonchev–Trinajstić information content (AvgIpc) is 3.44. The molecule has 3 heterocycles. The fourth-order valence-electron chi connectivity index (χ4n) is 3.84. The van der Waals surface area contributed by atoms with Crippen LogP contribution in [0.25, 0.3) is 0 Å². The molecule has 1 fully saturated rings. The fourth-order valence-corrected chi connectivity index (χ4v) is 4.98. The van der Waals surface area contributed by atoms with Gasteiger partial charge in [0, 0.05) is 22.8 Å². The maximum Gasteiger partial charge on any atom is 0.174 e. The number of hydrogen-bond acceptors (Lipinski definition) is 5. The van der Waals surface area contributed by atoms with Crippen LogP contribution < -0.4 is 15.0 Å². The number of hydrogen-bond donors (Lipinski definition) is 1. The van der Waals surface area contributed by atoms with Crippen LogP contribution in [0.1, 0.15) is 23.5 Å². The first-order valence-electron chi connectivity index (χ1n) is 10.2. The van der Waals surface area contributed by atoms with Gasteiger partial charge in [-0.3, -0.25) is 4.98 Å². The molecule has 2 aromatic heterocycles. The number of rotatable bonds is 6. The first kappa shape index (κ1) is 20.6. The molecule has 32 heavy (non-hydrogen) atoms. The largest absolute Gasteiger partial charge is 0.497 e. The van der Waals surface area contributed by atoms with Crippen LogP contribution in [0.5, 0.6) is 5.75 Å². The number of thiocarbonyl (C=S) groups is 1. The molecule has 4 aromatic rings. The summed E-state index contributed by atoms with van der Waals surface area (Å²) >= 11 is 7.36. The van der Waals surface area contributed by atoms with Gasteiger partial charge in [-0.15, -0.1) is 0 Å². The van der Waals surface area contributed by atoms with Crippen LogP contribution in [-0.4, -0.2) is 17.2 Å². The zero-order chi connectivity index (χ0) is 21.9. The van der Waals surface area contributed by atoms with Crippen LogP contribution in [0, 0.1) is 0 Å². The summed E-state index contributed by atoms with van der Waals surface area (Å²) in [4.78, 5) is 7.79. The number of aromatic nitrogens is 1. The molecule has 0 bridgehead atoms. The van der Waals surface area contributed by atoms with Gasteiger partial charge in [-0.05, 0) is 60.7 Å².